The van der Waals surface area contributed by atoms with E-state index in [4.69, 9.17) is 4.74 Å². The molecule has 4 heteroatoms. The lowest BCUT2D eigenvalue weighted by molar-refractivity contribution is -0.113. The maximum atomic E-state index is 12.5. The number of hydrogen-bond donors (Lipinski definition) is 1. The summed E-state index contributed by atoms with van der Waals surface area (Å²) in [5.41, 5.74) is 1.88. The van der Waals surface area contributed by atoms with Crippen LogP contribution < -0.4 is 10.1 Å². The minimum atomic E-state index is -0.0440. The van der Waals surface area contributed by atoms with Crippen LogP contribution in [0.2, 0.25) is 0 Å². The molecular formula is C23H25NO2S. The third kappa shape index (κ3) is 4.83. The van der Waals surface area contributed by atoms with Gasteiger partial charge >= 0.3 is 0 Å². The van der Waals surface area contributed by atoms with Crippen molar-refractivity contribution < 1.29 is 9.53 Å². The molecule has 0 aliphatic rings. The summed E-state index contributed by atoms with van der Waals surface area (Å²) in [4.78, 5) is 13.6. The smallest absolute Gasteiger partial charge is 0.234 e. The Kier molecular flexibility index (Phi) is 5.76. The number of carbonyl (C=O) groups excluding carboxylic acids is 1. The number of hydrogen-bond acceptors (Lipinski definition) is 3. The lowest BCUT2D eigenvalue weighted by atomic mass is 9.87. The van der Waals surface area contributed by atoms with Crippen molar-refractivity contribution in [3.8, 4) is 5.75 Å². The van der Waals surface area contributed by atoms with Gasteiger partial charge in [-0.05, 0) is 46.0 Å². The molecule has 0 heterocycles. The molecule has 3 rings (SSSR count). The van der Waals surface area contributed by atoms with Crippen molar-refractivity contribution >= 4 is 34.1 Å². The van der Waals surface area contributed by atoms with Crippen molar-refractivity contribution in [2.24, 2.45) is 0 Å². The van der Waals surface area contributed by atoms with Gasteiger partial charge in [-0.2, -0.15) is 0 Å². The molecule has 0 aliphatic carbocycles. The molecule has 3 aromatic rings. The van der Waals surface area contributed by atoms with Gasteiger partial charge < -0.3 is 10.1 Å². The second-order valence-electron chi connectivity index (χ2n) is 7.51. The van der Waals surface area contributed by atoms with Crippen molar-refractivity contribution in [3.05, 3.63) is 66.2 Å². The van der Waals surface area contributed by atoms with Gasteiger partial charge in [-0.1, -0.05) is 57.2 Å². The quantitative estimate of drug-likeness (QED) is 0.563. The minimum absolute atomic E-state index is 0.00555. The van der Waals surface area contributed by atoms with Crippen molar-refractivity contribution in [2.45, 2.75) is 31.1 Å². The van der Waals surface area contributed by atoms with E-state index in [0.29, 0.717) is 17.2 Å². The molecule has 0 spiro atoms. The Hall–Kier alpha value is -2.46. The molecule has 0 saturated carbocycles. The molecule has 0 aliphatic heterocycles. The summed E-state index contributed by atoms with van der Waals surface area (Å²) < 4.78 is 5.40. The first-order valence-corrected chi connectivity index (χ1v) is 9.95. The molecule has 0 aromatic heterocycles. The Morgan fingerprint density at radius 2 is 1.74 bits per heavy atom. The Bertz CT molecular complexity index is 960. The number of benzene rings is 3. The number of fused-ring (bicyclic) bond motifs is 1. The highest BCUT2D eigenvalue weighted by Crippen LogP contribution is 2.32. The molecule has 0 radical (unpaired) electrons. The molecule has 3 nitrogen and oxygen atoms in total. The maximum absolute atomic E-state index is 12.5. The van der Waals surface area contributed by atoms with E-state index in [1.807, 2.05) is 30.3 Å². The lowest BCUT2D eigenvalue weighted by Crippen LogP contribution is -2.16. The molecule has 1 amide bonds. The van der Waals surface area contributed by atoms with Crippen LogP contribution >= 0.6 is 11.8 Å². The number of rotatable bonds is 5. The molecule has 0 atom stereocenters. The molecule has 0 fully saturated rings. The van der Waals surface area contributed by atoms with E-state index in [1.165, 1.54) is 22.5 Å². The summed E-state index contributed by atoms with van der Waals surface area (Å²) in [6.45, 7) is 6.45. The van der Waals surface area contributed by atoms with Crippen LogP contribution in [-0.4, -0.2) is 18.8 Å². The van der Waals surface area contributed by atoms with Gasteiger partial charge in [0.2, 0.25) is 5.91 Å². The van der Waals surface area contributed by atoms with E-state index in [9.17, 15) is 4.79 Å². The number of thioether (sulfide) groups is 1. The molecule has 0 saturated heterocycles. The largest absolute Gasteiger partial charge is 0.495 e. The van der Waals surface area contributed by atoms with Crippen LogP contribution in [0.1, 0.15) is 26.3 Å². The Balaban J connectivity index is 1.69. The van der Waals surface area contributed by atoms with Gasteiger partial charge in [0, 0.05) is 4.90 Å². The van der Waals surface area contributed by atoms with Gasteiger partial charge in [0.15, 0.2) is 0 Å². The molecule has 1 N–H and O–H groups in total. The third-order valence-corrected chi connectivity index (χ3v) is 5.42. The zero-order chi connectivity index (χ0) is 19.4. The minimum Gasteiger partial charge on any atom is -0.495 e. The second-order valence-corrected chi connectivity index (χ2v) is 8.56. The summed E-state index contributed by atoms with van der Waals surface area (Å²) in [5.74, 6) is 0.978. The first-order chi connectivity index (χ1) is 12.9. The number of methoxy groups -OCH3 is 1. The van der Waals surface area contributed by atoms with E-state index < -0.39 is 0 Å². The lowest BCUT2D eigenvalue weighted by Gasteiger charge is -2.21. The van der Waals surface area contributed by atoms with Crippen LogP contribution in [0.4, 0.5) is 5.69 Å². The molecular weight excluding hydrogens is 354 g/mol. The second kappa shape index (κ2) is 8.05. The van der Waals surface area contributed by atoms with Gasteiger partial charge in [-0.3, -0.25) is 4.79 Å². The van der Waals surface area contributed by atoms with Crippen LogP contribution in [0.15, 0.2) is 65.6 Å². The Morgan fingerprint density at radius 1 is 1.00 bits per heavy atom. The van der Waals surface area contributed by atoms with Gasteiger partial charge in [0.1, 0.15) is 5.75 Å². The number of nitrogens with one attached hydrogen (secondary N) is 1. The average Bonchev–Trinajstić information content (AvgIpc) is 2.65. The van der Waals surface area contributed by atoms with Crippen LogP contribution in [0.3, 0.4) is 0 Å². The van der Waals surface area contributed by atoms with Gasteiger partial charge in [0.25, 0.3) is 0 Å². The van der Waals surface area contributed by atoms with Gasteiger partial charge in [0.05, 0.1) is 18.6 Å². The first-order valence-electron chi connectivity index (χ1n) is 8.97. The fourth-order valence-electron chi connectivity index (χ4n) is 2.86. The molecule has 0 unspecified atom stereocenters. The van der Waals surface area contributed by atoms with Crippen LogP contribution in [0.25, 0.3) is 10.8 Å². The molecule has 3 aromatic carbocycles. The fourth-order valence-corrected chi connectivity index (χ4v) is 3.61. The van der Waals surface area contributed by atoms with Crippen molar-refractivity contribution in [3.63, 3.8) is 0 Å². The highest BCUT2D eigenvalue weighted by Gasteiger charge is 2.17. The molecule has 27 heavy (non-hydrogen) atoms. The highest BCUT2D eigenvalue weighted by molar-refractivity contribution is 8.00. The van der Waals surface area contributed by atoms with Crippen molar-refractivity contribution in [1.82, 2.24) is 0 Å². The topological polar surface area (TPSA) is 38.3 Å². The van der Waals surface area contributed by atoms with E-state index in [1.54, 1.807) is 7.11 Å². The van der Waals surface area contributed by atoms with E-state index in [-0.39, 0.29) is 11.3 Å². The predicted octanol–water partition coefficient (Wildman–Crippen LogP) is 5.88. The molecule has 140 valence electrons. The zero-order valence-corrected chi connectivity index (χ0v) is 17.0. The average molecular weight is 380 g/mol. The van der Waals surface area contributed by atoms with Crippen LogP contribution in [0, 0.1) is 0 Å². The Morgan fingerprint density at radius 3 is 2.44 bits per heavy atom. The van der Waals surface area contributed by atoms with E-state index >= 15 is 0 Å². The fraction of sp³-hybridized carbons (Fsp3) is 0.261. The van der Waals surface area contributed by atoms with Crippen LogP contribution in [-0.2, 0) is 10.2 Å². The predicted molar refractivity (Wildman–Crippen MR) is 115 cm³/mol. The summed E-state index contributed by atoms with van der Waals surface area (Å²) in [5, 5.41) is 5.38. The number of ether oxygens (including phenoxy) is 1. The normalized spacial score (nSPS) is 11.4. The summed E-state index contributed by atoms with van der Waals surface area (Å²) in [6.07, 6.45) is 0. The number of carbonyl (C=O) groups is 1. The summed E-state index contributed by atoms with van der Waals surface area (Å²) in [7, 11) is 1.62. The van der Waals surface area contributed by atoms with Crippen molar-refractivity contribution in [2.75, 3.05) is 18.2 Å². The monoisotopic (exact) mass is 379 g/mol. The zero-order valence-electron chi connectivity index (χ0n) is 16.2. The van der Waals surface area contributed by atoms with Crippen molar-refractivity contribution in [1.29, 1.82) is 0 Å². The highest BCUT2D eigenvalue weighted by atomic mass is 32.2. The van der Waals surface area contributed by atoms with E-state index in [0.717, 1.165) is 10.5 Å². The summed E-state index contributed by atoms with van der Waals surface area (Å²) >= 11 is 1.53. The number of anilines is 1. The third-order valence-electron chi connectivity index (χ3n) is 4.43. The standard InChI is InChI=1S/C23H25NO2S/c1-23(2,3)18-10-12-21(26-4)20(14-18)24-22(25)15-27-19-11-9-16-7-5-6-8-17(16)13-19/h5-14H,15H2,1-4H3,(H,24,25). The number of amides is 1. The molecule has 0 bridgehead atoms. The van der Waals surface area contributed by atoms with Gasteiger partial charge in [-0.25, -0.2) is 0 Å². The first kappa shape index (κ1) is 19.3. The van der Waals surface area contributed by atoms with Crippen LogP contribution in [0.5, 0.6) is 5.75 Å². The SMILES string of the molecule is COc1ccc(C(C)(C)C)cc1NC(=O)CSc1ccc2ccccc2c1. The Labute approximate surface area is 165 Å². The maximum Gasteiger partial charge on any atom is 0.234 e. The van der Waals surface area contributed by atoms with E-state index in [2.05, 4.69) is 56.4 Å². The summed E-state index contributed by atoms with van der Waals surface area (Å²) in [6, 6.07) is 20.4. The van der Waals surface area contributed by atoms with Gasteiger partial charge in [-0.15, -0.1) is 11.8 Å².